The summed E-state index contributed by atoms with van der Waals surface area (Å²) in [5, 5.41) is 22.9. The van der Waals surface area contributed by atoms with Gasteiger partial charge in [0.1, 0.15) is 0 Å². The fourth-order valence-corrected chi connectivity index (χ4v) is 5.88. The minimum atomic E-state index is -1.43. The molecule has 0 spiro atoms. The molecule has 0 aliphatic carbocycles. The highest BCUT2D eigenvalue weighted by Gasteiger charge is 2.60. The summed E-state index contributed by atoms with van der Waals surface area (Å²) in [6.45, 7) is 7.18. The number of amides is 1. The first-order valence-corrected chi connectivity index (χ1v) is 10.4. The van der Waals surface area contributed by atoms with Crippen molar-refractivity contribution in [2.45, 2.75) is 57.1 Å². The van der Waals surface area contributed by atoms with E-state index in [0.717, 1.165) is 24.3 Å². The van der Waals surface area contributed by atoms with Gasteiger partial charge < -0.3 is 26.0 Å². The zero-order valence-corrected chi connectivity index (χ0v) is 16.7. The predicted molar refractivity (Wildman–Crippen MR) is 102 cm³/mol. The molecule has 3 heterocycles. The number of rotatable bonds is 7. The number of ether oxygens (including phenoxy) is 1. The monoisotopic (exact) mass is 399 g/mol. The molecule has 0 radical (unpaired) electrons. The number of hydrogen-bond acceptors (Lipinski definition) is 7. The highest BCUT2D eigenvalue weighted by Crippen LogP contribution is 2.52. The van der Waals surface area contributed by atoms with Gasteiger partial charge in [-0.2, -0.15) is 0 Å². The Morgan fingerprint density at radius 1 is 1.48 bits per heavy atom. The van der Waals surface area contributed by atoms with Crippen LogP contribution in [-0.4, -0.2) is 63.7 Å². The van der Waals surface area contributed by atoms with Gasteiger partial charge in [0, 0.05) is 23.8 Å². The lowest BCUT2D eigenvalue weighted by molar-refractivity contribution is -0.163. The molecule has 1 unspecified atom stereocenters. The topological polar surface area (TPSA) is 125 Å². The first-order chi connectivity index (χ1) is 12.7. The Balaban J connectivity index is 1.74. The van der Waals surface area contributed by atoms with E-state index in [-0.39, 0.29) is 29.0 Å². The molecule has 0 aromatic carbocycles. The molecule has 0 saturated carbocycles. The van der Waals surface area contributed by atoms with E-state index in [0.29, 0.717) is 18.5 Å². The number of carbonyl (C=O) groups is 2. The van der Waals surface area contributed by atoms with Crippen molar-refractivity contribution in [3.05, 3.63) is 10.8 Å². The maximum absolute atomic E-state index is 12.4. The van der Waals surface area contributed by atoms with Crippen LogP contribution in [0, 0.1) is 17.8 Å². The van der Waals surface area contributed by atoms with Crippen LogP contribution in [0.5, 0.6) is 0 Å². The summed E-state index contributed by atoms with van der Waals surface area (Å²) in [4.78, 5) is 25.8. The van der Waals surface area contributed by atoms with E-state index in [4.69, 9.17) is 15.6 Å². The third-order valence-electron chi connectivity index (χ3n) is 5.81. The summed E-state index contributed by atoms with van der Waals surface area (Å²) < 4.78 is 5.01. The standard InChI is InChI=1S/C18H29N3O5S/c1-8(6-19)4-11-5-12(7-20-11)27-15-9(2)14-13(10(3)22)16(23)21(14)17(15)26-18(24)25/h8-14,20,22H,4-7,19H2,1-3H3,(H,24,25)/t8?,9-,10-,11-,12+,13-,14+/m1/s1. The molecular weight excluding hydrogens is 370 g/mol. The van der Waals surface area contributed by atoms with Crippen LogP contribution in [0.4, 0.5) is 4.79 Å². The Bertz CT molecular complexity index is 640. The molecule has 3 aliphatic heterocycles. The molecule has 2 saturated heterocycles. The first-order valence-electron chi connectivity index (χ1n) is 9.50. The lowest BCUT2D eigenvalue weighted by Crippen LogP contribution is -2.63. The van der Waals surface area contributed by atoms with Gasteiger partial charge >= 0.3 is 6.16 Å². The Morgan fingerprint density at radius 3 is 2.78 bits per heavy atom. The van der Waals surface area contributed by atoms with E-state index in [9.17, 15) is 14.7 Å². The summed E-state index contributed by atoms with van der Waals surface area (Å²) in [7, 11) is 0. The van der Waals surface area contributed by atoms with E-state index < -0.39 is 18.2 Å². The quantitative estimate of drug-likeness (QED) is 0.371. The Kier molecular flexibility index (Phi) is 6.05. The van der Waals surface area contributed by atoms with Crippen molar-refractivity contribution in [1.29, 1.82) is 0 Å². The van der Waals surface area contributed by atoms with Gasteiger partial charge in [-0.3, -0.25) is 9.69 Å². The van der Waals surface area contributed by atoms with Gasteiger partial charge in [-0.25, -0.2) is 4.79 Å². The number of fused-ring (bicyclic) bond motifs is 1. The molecule has 0 aromatic rings. The van der Waals surface area contributed by atoms with Gasteiger partial charge in [-0.05, 0) is 32.2 Å². The summed E-state index contributed by atoms with van der Waals surface area (Å²) in [6, 6.07) is 0.155. The Morgan fingerprint density at radius 2 is 2.19 bits per heavy atom. The first kappa shape index (κ1) is 20.4. The van der Waals surface area contributed by atoms with Crippen molar-refractivity contribution in [3.63, 3.8) is 0 Å². The van der Waals surface area contributed by atoms with Crippen molar-refractivity contribution < 1.29 is 24.5 Å². The number of β-lactam (4-membered cyclic amide) rings is 1. The SMILES string of the molecule is CC(CN)C[C@@H]1C[C@H](SC2=C(OC(=O)O)N3C(=O)[C@H]([C@@H](C)O)[C@@H]3[C@H]2C)CN1. The minimum absolute atomic E-state index is 0.0661. The van der Waals surface area contributed by atoms with E-state index in [1.165, 1.54) is 4.90 Å². The second kappa shape index (κ2) is 7.98. The van der Waals surface area contributed by atoms with E-state index in [1.807, 2.05) is 6.92 Å². The van der Waals surface area contributed by atoms with Crippen LogP contribution in [0.1, 0.15) is 33.6 Å². The van der Waals surface area contributed by atoms with Crippen LogP contribution in [-0.2, 0) is 9.53 Å². The molecule has 3 rings (SSSR count). The highest BCUT2D eigenvalue weighted by atomic mass is 32.2. The molecule has 3 aliphatic rings. The van der Waals surface area contributed by atoms with Gasteiger partial charge in [0.15, 0.2) is 0 Å². The normalized spacial score (nSPS) is 35.1. The summed E-state index contributed by atoms with van der Waals surface area (Å²) in [5.74, 6) is -0.263. The predicted octanol–water partition coefficient (Wildman–Crippen LogP) is 1.16. The number of carboxylic acid groups (broad SMARTS) is 1. The third-order valence-corrected chi connectivity index (χ3v) is 7.31. The number of aliphatic hydroxyl groups excluding tert-OH is 1. The number of thioether (sulfide) groups is 1. The maximum Gasteiger partial charge on any atom is 0.512 e. The van der Waals surface area contributed by atoms with Gasteiger partial charge in [0.25, 0.3) is 0 Å². The summed E-state index contributed by atoms with van der Waals surface area (Å²) >= 11 is 1.60. The molecular formula is C18H29N3O5S. The molecule has 5 N–H and O–H groups in total. The van der Waals surface area contributed by atoms with Gasteiger partial charge in [0.05, 0.1) is 23.0 Å². The Labute approximate surface area is 163 Å². The van der Waals surface area contributed by atoms with Crippen molar-refractivity contribution in [3.8, 4) is 0 Å². The molecule has 1 amide bonds. The largest absolute Gasteiger partial charge is 0.512 e. The van der Waals surface area contributed by atoms with Crippen LogP contribution in [0.3, 0.4) is 0 Å². The van der Waals surface area contributed by atoms with Crippen molar-refractivity contribution >= 4 is 23.8 Å². The average Bonchev–Trinajstić information content (AvgIpc) is 3.10. The lowest BCUT2D eigenvalue weighted by Gasteiger charge is -2.45. The van der Waals surface area contributed by atoms with Crippen molar-refractivity contribution in [2.24, 2.45) is 23.5 Å². The van der Waals surface area contributed by atoms with Crippen molar-refractivity contribution in [2.75, 3.05) is 13.1 Å². The minimum Gasteiger partial charge on any atom is -0.449 e. The second-order valence-electron chi connectivity index (χ2n) is 7.95. The Hall–Kier alpha value is -1.29. The van der Waals surface area contributed by atoms with Crippen LogP contribution in [0.25, 0.3) is 0 Å². The molecule has 2 fully saturated rings. The highest BCUT2D eigenvalue weighted by molar-refractivity contribution is 8.03. The van der Waals surface area contributed by atoms with E-state index >= 15 is 0 Å². The fourth-order valence-electron chi connectivity index (χ4n) is 4.42. The van der Waals surface area contributed by atoms with Crippen LogP contribution >= 0.6 is 11.8 Å². The number of aliphatic hydroxyl groups is 1. The zero-order chi connectivity index (χ0) is 19.9. The zero-order valence-electron chi connectivity index (χ0n) is 15.9. The molecule has 7 atom stereocenters. The third kappa shape index (κ3) is 3.83. The molecule has 0 bridgehead atoms. The van der Waals surface area contributed by atoms with Gasteiger partial charge in [0.2, 0.25) is 11.8 Å². The van der Waals surface area contributed by atoms with Crippen LogP contribution < -0.4 is 11.1 Å². The molecule has 0 aromatic heterocycles. The number of nitrogens with one attached hydrogen (secondary N) is 1. The number of hydrogen-bond donors (Lipinski definition) is 4. The molecule has 27 heavy (non-hydrogen) atoms. The van der Waals surface area contributed by atoms with E-state index in [1.54, 1.807) is 18.7 Å². The maximum atomic E-state index is 12.4. The van der Waals surface area contributed by atoms with Crippen LogP contribution in [0.15, 0.2) is 10.8 Å². The fraction of sp³-hybridized carbons (Fsp3) is 0.778. The van der Waals surface area contributed by atoms with Gasteiger partial charge in [-0.1, -0.05) is 13.8 Å². The average molecular weight is 400 g/mol. The van der Waals surface area contributed by atoms with E-state index in [2.05, 4.69) is 12.2 Å². The molecule has 9 heteroatoms. The number of nitrogens with zero attached hydrogens (tertiary/aromatic N) is 1. The molecule has 8 nitrogen and oxygen atoms in total. The lowest BCUT2D eigenvalue weighted by atomic mass is 9.79. The number of carbonyl (C=O) groups excluding carboxylic acids is 1. The smallest absolute Gasteiger partial charge is 0.449 e. The van der Waals surface area contributed by atoms with Gasteiger partial charge in [-0.15, -0.1) is 11.8 Å². The van der Waals surface area contributed by atoms with Crippen molar-refractivity contribution in [1.82, 2.24) is 10.2 Å². The second-order valence-corrected chi connectivity index (χ2v) is 9.29. The summed E-state index contributed by atoms with van der Waals surface area (Å²) in [6.07, 6.45) is -0.225. The van der Waals surface area contributed by atoms with Crippen LogP contribution in [0.2, 0.25) is 0 Å². The molecule has 152 valence electrons. The number of nitrogens with two attached hydrogens (primary N) is 1. The summed E-state index contributed by atoms with van der Waals surface area (Å²) in [5.41, 5.74) is 5.72.